The molecule has 9 heteroatoms. The number of thiophene rings is 1. The SMILES string of the molecule is CNC(=O)[C@H](CCSC)NC(=O)Nc1sc(C)c(C)c1C(=O)OC. The van der Waals surface area contributed by atoms with Gasteiger partial charge in [0, 0.05) is 11.9 Å². The molecule has 0 aliphatic carbocycles. The highest BCUT2D eigenvalue weighted by molar-refractivity contribution is 7.98. The number of thioether (sulfide) groups is 1. The van der Waals surface area contributed by atoms with Gasteiger partial charge in [-0.25, -0.2) is 9.59 Å². The van der Waals surface area contributed by atoms with Crippen LogP contribution in [-0.2, 0) is 9.53 Å². The Balaban J connectivity index is 2.88. The van der Waals surface area contributed by atoms with E-state index in [4.69, 9.17) is 4.74 Å². The monoisotopic (exact) mass is 373 g/mol. The molecule has 0 saturated carbocycles. The number of carbonyl (C=O) groups excluding carboxylic acids is 3. The second-order valence-electron chi connectivity index (χ2n) is 5.03. The van der Waals surface area contributed by atoms with E-state index in [2.05, 4.69) is 16.0 Å². The van der Waals surface area contributed by atoms with E-state index in [-0.39, 0.29) is 5.91 Å². The number of urea groups is 1. The summed E-state index contributed by atoms with van der Waals surface area (Å²) in [4.78, 5) is 36.9. The van der Waals surface area contributed by atoms with Gasteiger partial charge in [0.25, 0.3) is 0 Å². The van der Waals surface area contributed by atoms with E-state index in [0.29, 0.717) is 17.0 Å². The van der Waals surface area contributed by atoms with E-state index in [0.717, 1.165) is 16.2 Å². The van der Waals surface area contributed by atoms with Gasteiger partial charge in [0.2, 0.25) is 5.91 Å². The van der Waals surface area contributed by atoms with Crippen molar-refractivity contribution in [3.8, 4) is 0 Å². The fraction of sp³-hybridized carbons (Fsp3) is 0.533. The fourth-order valence-corrected chi connectivity index (χ4v) is 3.55. The Hall–Kier alpha value is -1.74. The summed E-state index contributed by atoms with van der Waals surface area (Å²) >= 11 is 2.89. The maximum atomic E-state index is 12.2. The minimum atomic E-state index is -0.633. The topological polar surface area (TPSA) is 96.5 Å². The van der Waals surface area contributed by atoms with Gasteiger partial charge >= 0.3 is 12.0 Å². The summed E-state index contributed by atoms with van der Waals surface area (Å²) in [5.41, 5.74) is 1.11. The third kappa shape index (κ3) is 5.13. The number of hydrogen-bond acceptors (Lipinski definition) is 6. The van der Waals surface area contributed by atoms with Crippen molar-refractivity contribution in [1.29, 1.82) is 0 Å². The summed E-state index contributed by atoms with van der Waals surface area (Å²) in [6.45, 7) is 3.66. The number of esters is 1. The molecule has 0 unspecified atom stereocenters. The largest absolute Gasteiger partial charge is 0.465 e. The second-order valence-corrected chi connectivity index (χ2v) is 7.24. The summed E-state index contributed by atoms with van der Waals surface area (Å²) < 4.78 is 4.77. The number of amides is 3. The average Bonchev–Trinajstić information content (AvgIpc) is 2.83. The van der Waals surface area contributed by atoms with Crippen LogP contribution in [0.2, 0.25) is 0 Å². The number of carbonyl (C=O) groups is 3. The van der Waals surface area contributed by atoms with Crippen LogP contribution in [0.25, 0.3) is 0 Å². The van der Waals surface area contributed by atoms with Crippen LogP contribution in [0.5, 0.6) is 0 Å². The lowest BCUT2D eigenvalue weighted by Crippen LogP contribution is -2.47. The lowest BCUT2D eigenvalue weighted by atomic mass is 10.1. The van der Waals surface area contributed by atoms with Crippen molar-refractivity contribution < 1.29 is 19.1 Å². The van der Waals surface area contributed by atoms with Crippen LogP contribution in [0, 0.1) is 13.8 Å². The second kappa shape index (κ2) is 9.53. The van der Waals surface area contributed by atoms with E-state index in [9.17, 15) is 14.4 Å². The molecule has 1 heterocycles. The normalized spacial score (nSPS) is 11.5. The van der Waals surface area contributed by atoms with Crippen molar-refractivity contribution in [3.63, 3.8) is 0 Å². The highest BCUT2D eigenvalue weighted by Gasteiger charge is 2.24. The lowest BCUT2D eigenvalue weighted by molar-refractivity contribution is -0.122. The summed E-state index contributed by atoms with van der Waals surface area (Å²) in [6.07, 6.45) is 2.45. The minimum Gasteiger partial charge on any atom is -0.465 e. The Morgan fingerprint density at radius 2 is 1.96 bits per heavy atom. The summed E-state index contributed by atoms with van der Waals surface area (Å²) in [5, 5.41) is 8.24. The van der Waals surface area contributed by atoms with Crippen molar-refractivity contribution >= 4 is 46.0 Å². The molecule has 1 rings (SSSR count). The van der Waals surface area contributed by atoms with Gasteiger partial charge in [0.05, 0.1) is 12.7 Å². The molecule has 1 aromatic heterocycles. The van der Waals surface area contributed by atoms with E-state index in [1.54, 1.807) is 18.7 Å². The zero-order valence-corrected chi connectivity index (χ0v) is 16.1. The van der Waals surface area contributed by atoms with Gasteiger partial charge in [0.1, 0.15) is 11.0 Å². The van der Waals surface area contributed by atoms with Crippen molar-refractivity contribution in [1.82, 2.24) is 10.6 Å². The van der Waals surface area contributed by atoms with Crippen LogP contribution in [0.4, 0.5) is 9.80 Å². The van der Waals surface area contributed by atoms with Crippen LogP contribution >= 0.6 is 23.1 Å². The molecule has 0 aliphatic heterocycles. The number of ether oxygens (including phenoxy) is 1. The molecule has 24 heavy (non-hydrogen) atoms. The molecular formula is C15H23N3O4S2. The van der Waals surface area contributed by atoms with Crippen molar-refractivity contribution in [3.05, 3.63) is 16.0 Å². The zero-order chi connectivity index (χ0) is 18.3. The minimum absolute atomic E-state index is 0.258. The lowest BCUT2D eigenvalue weighted by Gasteiger charge is -2.17. The smallest absolute Gasteiger partial charge is 0.341 e. The number of likely N-dealkylation sites (N-methyl/N-ethyl adjacent to an activating group) is 1. The summed E-state index contributed by atoms with van der Waals surface area (Å²) in [6, 6.07) is -1.16. The highest BCUT2D eigenvalue weighted by atomic mass is 32.2. The molecule has 7 nitrogen and oxygen atoms in total. The number of anilines is 1. The molecule has 0 aliphatic rings. The molecule has 1 atom stereocenters. The molecule has 134 valence electrons. The van der Waals surface area contributed by atoms with Crippen molar-refractivity contribution in [2.45, 2.75) is 26.3 Å². The molecule has 3 amide bonds. The Morgan fingerprint density at radius 3 is 2.50 bits per heavy atom. The predicted octanol–water partition coefficient (Wildman–Crippen LogP) is 2.14. The summed E-state index contributed by atoms with van der Waals surface area (Å²) in [5.74, 6) is -0.0217. The molecule has 0 radical (unpaired) electrons. The average molecular weight is 374 g/mol. The third-order valence-electron chi connectivity index (χ3n) is 3.48. The van der Waals surface area contributed by atoms with Crippen molar-refractivity contribution in [2.75, 3.05) is 31.5 Å². The highest BCUT2D eigenvalue weighted by Crippen LogP contribution is 2.32. The van der Waals surface area contributed by atoms with E-state index in [1.165, 1.54) is 25.5 Å². The molecule has 1 aromatic rings. The van der Waals surface area contributed by atoms with Crippen LogP contribution in [-0.4, -0.2) is 50.1 Å². The van der Waals surface area contributed by atoms with E-state index < -0.39 is 18.0 Å². The van der Waals surface area contributed by atoms with Crippen LogP contribution < -0.4 is 16.0 Å². The van der Waals surface area contributed by atoms with Gasteiger partial charge in [0.15, 0.2) is 0 Å². The molecular weight excluding hydrogens is 350 g/mol. The van der Waals surface area contributed by atoms with E-state index >= 15 is 0 Å². The van der Waals surface area contributed by atoms with Gasteiger partial charge in [-0.3, -0.25) is 10.1 Å². The maximum Gasteiger partial charge on any atom is 0.341 e. The Bertz CT molecular complexity index is 616. The Morgan fingerprint density at radius 1 is 1.29 bits per heavy atom. The van der Waals surface area contributed by atoms with Gasteiger partial charge < -0.3 is 15.4 Å². The number of rotatable bonds is 7. The Labute approximate surface area is 149 Å². The molecule has 3 N–H and O–H groups in total. The van der Waals surface area contributed by atoms with Gasteiger partial charge in [-0.05, 0) is 37.8 Å². The van der Waals surface area contributed by atoms with E-state index in [1.807, 2.05) is 13.2 Å². The fourth-order valence-electron chi connectivity index (χ4n) is 2.04. The molecule has 0 fully saturated rings. The van der Waals surface area contributed by atoms with Crippen LogP contribution in [0.3, 0.4) is 0 Å². The first-order valence-electron chi connectivity index (χ1n) is 7.32. The maximum absolute atomic E-state index is 12.2. The number of methoxy groups -OCH3 is 1. The van der Waals surface area contributed by atoms with Crippen molar-refractivity contribution in [2.24, 2.45) is 0 Å². The molecule has 0 aromatic carbocycles. The number of aryl methyl sites for hydroxylation is 1. The quantitative estimate of drug-likeness (QED) is 0.636. The molecule has 0 saturated heterocycles. The first-order valence-corrected chi connectivity index (χ1v) is 9.53. The van der Waals surface area contributed by atoms with Crippen LogP contribution in [0.15, 0.2) is 0 Å². The first-order chi connectivity index (χ1) is 11.3. The Kier molecular flexibility index (Phi) is 8.06. The zero-order valence-electron chi connectivity index (χ0n) is 14.4. The third-order valence-corrected chi connectivity index (χ3v) is 5.25. The van der Waals surface area contributed by atoms with Gasteiger partial charge in [-0.15, -0.1) is 11.3 Å². The standard InChI is InChI=1S/C15H23N3O4S2/c1-8-9(2)24-13(11(8)14(20)22-4)18-15(21)17-10(6-7-23-5)12(19)16-3/h10H,6-7H2,1-5H3,(H,16,19)(H2,17,18,21)/t10-/m0/s1. The molecule has 0 bridgehead atoms. The van der Waals surface area contributed by atoms with Crippen LogP contribution in [0.1, 0.15) is 27.2 Å². The van der Waals surface area contributed by atoms with Gasteiger partial charge in [-0.1, -0.05) is 0 Å². The number of hydrogen-bond donors (Lipinski definition) is 3. The number of nitrogens with one attached hydrogen (secondary N) is 3. The predicted molar refractivity (Wildman–Crippen MR) is 98.1 cm³/mol. The first kappa shape index (κ1) is 20.3. The van der Waals surface area contributed by atoms with Gasteiger partial charge in [-0.2, -0.15) is 11.8 Å². The summed E-state index contributed by atoms with van der Waals surface area (Å²) in [7, 11) is 2.82. The molecule has 0 spiro atoms.